The van der Waals surface area contributed by atoms with Gasteiger partial charge in [0.05, 0.1) is 10.0 Å². The minimum absolute atomic E-state index is 0.166. The van der Waals surface area contributed by atoms with Crippen LogP contribution in [-0.4, -0.2) is 44.3 Å². The Balaban J connectivity index is 1.39. The summed E-state index contributed by atoms with van der Waals surface area (Å²) in [7, 11) is 0. The van der Waals surface area contributed by atoms with Gasteiger partial charge in [0.25, 0.3) is 0 Å². The fraction of sp³-hybridized carbons (Fsp3) is 0.364. The van der Waals surface area contributed by atoms with Gasteiger partial charge in [0.1, 0.15) is 6.54 Å². The van der Waals surface area contributed by atoms with Gasteiger partial charge in [-0.3, -0.25) is 0 Å². The van der Waals surface area contributed by atoms with Crippen LogP contribution < -0.4 is 0 Å². The van der Waals surface area contributed by atoms with E-state index in [1.807, 2.05) is 18.2 Å². The molecule has 2 aromatic carbocycles. The number of likely N-dealkylation sites (tertiary alicyclic amines) is 1. The van der Waals surface area contributed by atoms with Gasteiger partial charge in [-0.05, 0) is 66.3 Å². The van der Waals surface area contributed by atoms with E-state index in [4.69, 9.17) is 51.1 Å². The summed E-state index contributed by atoms with van der Waals surface area (Å²) >= 11 is 24.7. The van der Waals surface area contributed by atoms with Gasteiger partial charge in [0.2, 0.25) is 0 Å². The number of benzene rings is 2. The molecule has 1 atom stereocenters. The van der Waals surface area contributed by atoms with Crippen LogP contribution in [0, 0.1) is 5.92 Å². The summed E-state index contributed by atoms with van der Waals surface area (Å²) in [6.07, 6.45) is 2.80. The summed E-state index contributed by atoms with van der Waals surface area (Å²) in [5.41, 5.74) is 1.73. The lowest BCUT2D eigenvalue weighted by Gasteiger charge is -2.32. The number of rotatable bonds is 6. The average Bonchev–Trinajstić information content (AvgIpc) is 3.31. The highest BCUT2D eigenvalue weighted by Crippen LogP contribution is 2.31. The van der Waals surface area contributed by atoms with E-state index in [1.165, 1.54) is 11.1 Å². The van der Waals surface area contributed by atoms with Gasteiger partial charge in [-0.25, -0.2) is 4.79 Å². The van der Waals surface area contributed by atoms with Gasteiger partial charge in [0, 0.05) is 28.7 Å². The standard InChI is InChI=1S/C22H21Cl4N5O2/c23-16-2-4-18(24)17(11-16)21(12-31-28-13-27-29-31)33-22(32)30-7-5-14(6-8-30)9-15-1-3-19(25)20(26)10-15/h1-4,10-11,13-14,21H,5-9,12H2. The molecule has 0 saturated carbocycles. The zero-order chi connectivity index (χ0) is 23.4. The van der Waals surface area contributed by atoms with Crippen LogP contribution in [0.5, 0.6) is 0 Å². The van der Waals surface area contributed by atoms with Crippen molar-refractivity contribution in [2.24, 2.45) is 5.92 Å². The number of carbonyl (C=O) groups is 1. The Labute approximate surface area is 211 Å². The second-order valence-corrected chi connectivity index (χ2v) is 9.57. The Kier molecular flexibility index (Phi) is 7.96. The zero-order valence-electron chi connectivity index (χ0n) is 17.5. The van der Waals surface area contributed by atoms with Crippen molar-refractivity contribution in [3.05, 3.63) is 73.9 Å². The van der Waals surface area contributed by atoms with E-state index < -0.39 is 12.2 Å². The molecule has 0 radical (unpaired) electrons. The highest BCUT2D eigenvalue weighted by molar-refractivity contribution is 6.42. The van der Waals surface area contributed by atoms with E-state index in [2.05, 4.69) is 15.4 Å². The van der Waals surface area contributed by atoms with E-state index >= 15 is 0 Å². The first-order valence-electron chi connectivity index (χ1n) is 10.4. The first-order valence-corrected chi connectivity index (χ1v) is 12.0. The Morgan fingerprint density at radius 3 is 2.48 bits per heavy atom. The minimum Gasteiger partial charge on any atom is -0.439 e. The van der Waals surface area contributed by atoms with Gasteiger partial charge in [-0.1, -0.05) is 52.5 Å². The molecule has 2 heterocycles. The van der Waals surface area contributed by atoms with Crippen molar-refractivity contribution in [3.63, 3.8) is 0 Å². The number of aromatic nitrogens is 4. The van der Waals surface area contributed by atoms with E-state index in [1.54, 1.807) is 23.1 Å². The molecule has 4 rings (SSSR count). The fourth-order valence-corrected chi connectivity index (χ4v) is 4.64. The SMILES string of the molecule is O=C(OC(Cn1ncnn1)c1cc(Cl)ccc1Cl)N1CCC(Cc2ccc(Cl)c(Cl)c2)CC1. The van der Waals surface area contributed by atoms with Gasteiger partial charge >= 0.3 is 6.09 Å². The maximum Gasteiger partial charge on any atom is 0.410 e. The number of amides is 1. The van der Waals surface area contributed by atoms with Gasteiger partial charge < -0.3 is 9.64 Å². The minimum atomic E-state index is -0.716. The molecule has 1 aliphatic heterocycles. The molecule has 1 saturated heterocycles. The molecule has 7 nitrogen and oxygen atoms in total. The van der Waals surface area contributed by atoms with Crippen LogP contribution in [0.3, 0.4) is 0 Å². The molecule has 11 heteroatoms. The van der Waals surface area contributed by atoms with Crippen molar-refractivity contribution in [1.29, 1.82) is 0 Å². The maximum atomic E-state index is 13.0. The summed E-state index contributed by atoms with van der Waals surface area (Å²) in [6, 6.07) is 10.7. The molecule has 1 aromatic heterocycles. The van der Waals surface area contributed by atoms with Crippen molar-refractivity contribution in [2.45, 2.75) is 31.9 Å². The predicted octanol–water partition coefficient (Wildman–Crippen LogP) is 6.12. The lowest BCUT2D eigenvalue weighted by Crippen LogP contribution is -2.40. The number of ether oxygens (including phenoxy) is 1. The smallest absolute Gasteiger partial charge is 0.410 e. The molecule has 174 valence electrons. The lowest BCUT2D eigenvalue weighted by atomic mass is 9.90. The van der Waals surface area contributed by atoms with Gasteiger partial charge in [-0.15, -0.1) is 10.2 Å². The van der Waals surface area contributed by atoms with Crippen LogP contribution in [0.1, 0.15) is 30.1 Å². The molecule has 1 amide bonds. The Morgan fingerprint density at radius 1 is 1.03 bits per heavy atom. The quantitative estimate of drug-likeness (QED) is 0.385. The molecule has 0 N–H and O–H groups in total. The maximum absolute atomic E-state index is 13.0. The number of hydrogen-bond donors (Lipinski definition) is 0. The average molecular weight is 529 g/mol. The van der Waals surface area contributed by atoms with Gasteiger partial charge in [-0.2, -0.15) is 4.80 Å². The molecule has 0 aliphatic carbocycles. The van der Waals surface area contributed by atoms with E-state index in [0.29, 0.717) is 44.7 Å². The number of halogens is 4. The van der Waals surface area contributed by atoms with Crippen LogP contribution in [-0.2, 0) is 17.7 Å². The third-order valence-electron chi connectivity index (χ3n) is 5.65. The highest BCUT2D eigenvalue weighted by Gasteiger charge is 2.28. The van der Waals surface area contributed by atoms with Crippen LogP contribution in [0.25, 0.3) is 0 Å². The molecule has 3 aromatic rings. The molecular formula is C22H21Cl4N5O2. The molecule has 0 spiro atoms. The third kappa shape index (κ3) is 6.29. The normalized spacial score (nSPS) is 15.5. The van der Waals surface area contributed by atoms with Crippen LogP contribution in [0.2, 0.25) is 20.1 Å². The molecule has 33 heavy (non-hydrogen) atoms. The fourth-order valence-electron chi connectivity index (χ4n) is 3.90. The molecule has 1 unspecified atom stereocenters. The van der Waals surface area contributed by atoms with Crippen molar-refractivity contribution in [1.82, 2.24) is 25.1 Å². The number of tetrazole rings is 1. The molecule has 1 aliphatic rings. The van der Waals surface area contributed by atoms with Crippen LogP contribution >= 0.6 is 46.4 Å². The first-order chi connectivity index (χ1) is 15.9. The topological polar surface area (TPSA) is 73.1 Å². The number of hydrogen-bond acceptors (Lipinski definition) is 5. The van der Waals surface area contributed by atoms with Crippen molar-refractivity contribution in [2.75, 3.05) is 13.1 Å². The lowest BCUT2D eigenvalue weighted by molar-refractivity contribution is 0.0420. The van der Waals surface area contributed by atoms with E-state index in [9.17, 15) is 4.79 Å². The summed E-state index contributed by atoms with van der Waals surface area (Å²) in [6.45, 7) is 1.37. The van der Waals surface area contributed by atoms with E-state index in [0.717, 1.165) is 24.8 Å². The third-order valence-corrected chi connectivity index (χ3v) is 6.97. The molecule has 0 bridgehead atoms. The largest absolute Gasteiger partial charge is 0.439 e. The Morgan fingerprint density at radius 2 is 1.79 bits per heavy atom. The highest BCUT2D eigenvalue weighted by atomic mass is 35.5. The first kappa shape index (κ1) is 24.1. The monoisotopic (exact) mass is 527 g/mol. The predicted molar refractivity (Wildman–Crippen MR) is 128 cm³/mol. The Bertz CT molecular complexity index is 1100. The molecule has 1 fully saturated rings. The van der Waals surface area contributed by atoms with E-state index in [-0.39, 0.29) is 6.54 Å². The summed E-state index contributed by atoms with van der Waals surface area (Å²) in [5.74, 6) is 0.448. The number of piperidine rings is 1. The Hall–Kier alpha value is -2.06. The molecular weight excluding hydrogens is 508 g/mol. The van der Waals surface area contributed by atoms with Crippen LogP contribution in [0.4, 0.5) is 4.79 Å². The summed E-state index contributed by atoms with van der Waals surface area (Å²) in [5, 5.41) is 13.6. The van der Waals surface area contributed by atoms with Crippen molar-refractivity contribution in [3.8, 4) is 0 Å². The van der Waals surface area contributed by atoms with Crippen molar-refractivity contribution >= 4 is 52.5 Å². The second kappa shape index (κ2) is 10.9. The van der Waals surface area contributed by atoms with Crippen molar-refractivity contribution < 1.29 is 9.53 Å². The van der Waals surface area contributed by atoms with Gasteiger partial charge in [0.15, 0.2) is 12.4 Å². The number of carbonyl (C=O) groups excluding carboxylic acids is 1. The summed E-state index contributed by atoms with van der Waals surface area (Å²) < 4.78 is 5.85. The zero-order valence-corrected chi connectivity index (χ0v) is 20.5. The van der Waals surface area contributed by atoms with Crippen LogP contribution in [0.15, 0.2) is 42.7 Å². The number of nitrogens with zero attached hydrogens (tertiary/aromatic N) is 5. The second-order valence-electron chi connectivity index (χ2n) is 7.91. The summed E-state index contributed by atoms with van der Waals surface area (Å²) in [4.78, 5) is 16.0.